The van der Waals surface area contributed by atoms with E-state index in [2.05, 4.69) is 39.9 Å². The first-order valence-electron chi connectivity index (χ1n) is 17.0. The van der Waals surface area contributed by atoms with Gasteiger partial charge in [0.2, 0.25) is 17.7 Å². The number of likely N-dealkylation sites (tertiary alicyclic amines) is 1. The maximum absolute atomic E-state index is 14.8. The number of nitrogens with zero attached hydrogens (tertiary/aromatic N) is 2. The Morgan fingerprint density at radius 3 is 2.40 bits per heavy atom. The molecule has 0 radical (unpaired) electrons. The van der Waals surface area contributed by atoms with Gasteiger partial charge in [0.15, 0.2) is 0 Å². The predicted molar refractivity (Wildman–Crippen MR) is 177 cm³/mol. The van der Waals surface area contributed by atoms with Crippen LogP contribution in [0.15, 0.2) is 54.6 Å². The van der Waals surface area contributed by atoms with Gasteiger partial charge in [0.05, 0.1) is 18.1 Å². The SMILES string of the molecule is C[C@H]1NC(=O)CC/C=C\[C@H]2O[C@]34C=CCN(C(C)(C)CC(C)(C)C)C(=O)[C@H]3N(CCCCO)C(=O)[C@@H]4[C@H]2C(=O)O[C@@H]1c1ccccc1. The van der Waals surface area contributed by atoms with Gasteiger partial charge in [-0.3, -0.25) is 19.2 Å². The quantitative estimate of drug-likeness (QED) is 0.259. The van der Waals surface area contributed by atoms with E-state index >= 15 is 0 Å². The number of benzene rings is 1. The van der Waals surface area contributed by atoms with Crippen molar-refractivity contribution in [2.24, 2.45) is 17.3 Å². The molecule has 2 N–H and O–H groups in total. The summed E-state index contributed by atoms with van der Waals surface area (Å²) in [5, 5.41) is 12.5. The normalized spacial score (nSPS) is 32.4. The molecule has 0 saturated carbocycles. The van der Waals surface area contributed by atoms with E-state index in [1.54, 1.807) is 17.9 Å². The van der Waals surface area contributed by atoms with Gasteiger partial charge in [0.1, 0.15) is 23.7 Å². The predicted octanol–water partition coefficient (Wildman–Crippen LogP) is 4.09. The number of carbonyl (C=O) groups is 4. The van der Waals surface area contributed by atoms with Gasteiger partial charge in [-0.25, -0.2) is 0 Å². The Labute approximate surface area is 278 Å². The molecule has 4 aliphatic heterocycles. The van der Waals surface area contributed by atoms with Crippen molar-refractivity contribution in [3.05, 3.63) is 60.2 Å². The molecular weight excluding hydrogens is 598 g/mol. The van der Waals surface area contributed by atoms with Crippen LogP contribution in [-0.2, 0) is 28.7 Å². The van der Waals surface area contributed by atoms with Crippen molar-refractivity contribution in [2.75, 3.05) is 19.7 Å². The number of esters is 1. The number of aliphatic hydroxyl groups excluding tert-OH is 1. The number of hydrogen-bond donors (Lipinski definition) is 2. The van der Waals surface area contributed by atoms with Crippen molar-refractivity contribution in [3.63, 3.8) is 0 Å². The maximum Gasteiger partial charge on any atom is 0.313 e. The Morgan fingerprint density at radius 1 is 1.00 bits per heavy atom. The number of allylic oxidation sites excluding steroid dienone is 1. The summed E-state index contributed by atoms with van der Waals surface area (Å²) in [4.78, 5) is 60.0. The molecule has 4 heterocycles. The Hall–Kier alpha value is -3.50. The van der Waals surface area contributed by atoms with Crippen LogP contribution in [0.2, 0.25) is 0 Å². The fourth-order valence-corrected chi connectivity index (χ4v) is 8.28. The second-order valence-electron chi connectivity index (χ2n) is 15.3. The number of rotatable bonds is 7. The topological polar surface area (TPSA) is 125 Å². The summed E-state index contributed by atoms with van der Waals surface area (Å²) in [5.74, 6) is -3.35. The highest BCUT2D eigenvalue weighted by Gasteiger charge is 2.72. The van der Waals surface area contributed by atoms with E-state index < -0.39 is 53.2 Å². The molecular formula is C37H51N3O7. The molecule has 0 aliphatic carbocycles. The number of nitrogens with one attached hydrogen (secondary N) is 1. The smallest absolute Gasteiger partial charge is 0.313 e. The van der Waals surface area contributed by atoms with Crippen molar-refractivity contribution in [3.8, 4) is 0 Å². The highest BCUT2D eigenvalue weighted by atomic mass is 16.6. The zero-order valence-corrected chi connectivity index (χ0v) is 28.6. The van der Waals surface area contributed by atoms with E-state index in [1.807, 2.05) is 53.5 Å². The van der Waals surface area contributed by atoms with Crippen LogP contribution in [0.5, 0.6) is 0 Å². The van der Waals surface area contributed by atoms with Crippen LogP contribution in [0.4, 0.5) is 0 Å². The Morgan fingerprint density at radius 2 is 1.72 bits per heavy atom. The molecule has 3 amide bonds. The number of carbonyl (C=O) groups excluding carboxylic acids is 4. The third kappa shape index (κ3) is 6.90. The molecule has 10 heteroatoms. The van der Waals surface area contributed by atoms with Gasteiger partial charge < -0.3 is 29.7 Å². The molecule has 10 nitrogen and oxygen atoms in total. The molecule has 0 bridgehead atoms. The second-order valence-corrected chi connectivity index (χ2v) is 15.3. The van der Waals surface area contributed by atoms with E-state index in [0.717, 1.165) is 6.42 Å². The standard InChI is InChI=1S/C37H51N3O7/c1-24-30(25-15-8-7-9-16-25)46-34(45)28-26(17-10-11-18-27(42)38-24)47-37-19-14-21-40(36(5,6)23-35(2,3)4)33(44)31(37)39(20-12-13-22-41)32(43)29(28)37/h7-10,14-17,19,24,26,28-31,41H,11-13,18,20-23H2,1-6H3,(H,38,42)/b17-10-/t24-,26-,28+,29+,30+,31-,37+/m1/s1. The van der Waals surface area contributed by atoms with Gasteiger partial charge in [-0.15, -0.1) is 0 Å². The summed E-state index contributed by atoms with van der Waals surface area (Å²) in [6.07, 6.45) is 8.00. The minimum atomic E-state index is -1.40. The molecule has 2 fully saturated rings. The van der Waals surface area contributed by atoms with E-state index in [4.69, 9.17) is 9.47 Å². The highest BCUT2D eigenvalue weighted by molar-refractivity contribution is 5.99. The summed E-state index contributed by atoms with van der Waals surface area (Å²) < 4.78 is 13.1. The molecule has 2 saturated heterocycles. The molecule has 47 heavy (non-hydrogen) atoms. The van der Waals surface area contributed by atoms with Gasteiger partial charge in [0, 0.05) is 31.7 Å². The summed E-state index contributed by atoms with van der Waals surface area (Å²) in [5.41, 5.74) is -1.28. The summed E-state index contributed by atoms with van der Waals surface area (Å²) in [7, 11) is 0. The van der Waals surface area contributed by atoms with Crippen molar-refractivity contribution < 1.29 is 33.8 Å². The first-order chi connectivity index (χ1) is 22.2. The lowest BCUT2D eigenvalue weighted by Crippen LogP contribution is -2.59. The number of unbranched alkanes of at least 4 members (excludes halogenated alkanes) is 1. The second kappa shape index (κ2) is 13.5. The molecule has 1 spiro atoms. The van der Waals surface area contributed by atoms with Crippen molar-refractivity contribution in [1.29, 1.82) is 0 Å². The fraction of sp³-hybridized carbons (Fsp3) is 0.622. The van der Waals surface area contributed by atoms with Crippen molar-refractivity contribution in [1.82, 2.24) is 15.1 Å². The Balaban J connectivity index is 1.59. The molecule has 7 atom stereocenters. The number of ether oxygens (including phenoxy) is 2. The lowest BCUT2D eigenvalue weighted by atomic mass is 9.77. The van der Waals surface area contributed by atoms with Crippen LogP contribution in [0.25, 0.3) is 0 Å². The number of cyclic esters (lactones) is 1. The summed E-state index contributed by atoms with van der Waals surface area (Å²) >= 11 is 0. The lowest BCUT2D eigenvalue weighted by molar-refractivity contribution is -0.161. The number of aliphatic hydroxyl groups is 1. The summed E-state index contributed by atoms with van der Waals surface area (Å²) in [6.45, 7) is 12.9. The summed E-state index contributed by atoms with van der Waals surface area (Å²) in [6, 6.07) is 7.71. The number of hydrogen-bond acceptors (Lipinski definition) is 7. The van der Waals surface area contributed by atoms with E-state index in [0.29, 0.717) is 31.4 Å². The first kappa shape index (κ1) is 34.8. The molecule has 0 unspecified atom stereocenters. The van der Waals surface area contributed by atoms with Crippen molar-refractivity contribution in [2.45, 2.75) is 109 Å². The van der Waals surface area contributed by atoms with Gasteiger partial charge in [-0.05, 0) is 57.4 Å². The van der Waals surface area contributed by atoms with Crippen LogP contribution in [0.1, 0.15) is 85.3 Å². The molecule has 0 aromatic heterocycles. The zero-order valence-electron chi connectivity index (χ0n) is 28.6. The number of amides is 3. The minimum Gasteiger partial charge on any atom is -0.455 e. The van der Waals surface area contributed by atoms with Crippen LogP contribution < -0.4 is 5.32 Å². The lowest BCUT2D eigenvalue weighted by Gasteiger charge is -2.44. The minimum absolute atomic E-state index is 0.0340. The first-order valence-corrected chi connectivity index (χ1v) is 17.0. The molecule has 256 valence electrons. The van der Waals surface area contributed by atoms with Crippen LogP contribution >= 0.6 is 0 Å². The van der Waals surface area contributed by atoms with Gasteiger partial charge in [0.25, 0.3) is 0 Å². The van der Waals surface area contributed by atoms with Crippen LogP contribution in [0, 0.1) is 17.3 Å². The van der Waals surface area contributed by atoms with Gasteiger partial charge in [-0.1, -0.05) is 75.4 Å². The average molecular weight is 650 g/mol. The average Bonchev–Trinajstić information content (AvgIpc) is 3.36. The van der Waals surface area contributed by atoms with Crippen LogP contribution in [0.3, 0.4) is 0 Å². The maximum atomic E-state index is 14.8. The van der Waals surface area contributed by atoms with Crippen molar-refractivity contribution >= 4 is 23.7 Å². The monoisotopic (exact) mass is 649 g/mol. The third-order valence-electron chi connectivity index (χ3n) is 9.84. The van der Waals surface area contributed by atoms with E-state index in [9.17, 15) is 24.3 Å². The number of fused-ring (bicyclic) bond motifs is 2. The zero-order chi connectivity index (χ0) is 34.1. The van der Waals surface area contributed by atoms with E-state index in [1.165, 1.54) is 0 Å². The van der Waals surface area contributed by atoms with Gasteiger partial charge in [-0.2, -0.15) is 0 Å². The van der Waals surface area contributed by atoms with E-state index in [-0.39, 0.29) is 42.7 Å². The van der Waals surface area contributed by atoms with Crippen LogP contribution in [-0.4, -0.2) is 87.6 Å². The molecule has 1 aromatic carbocycles. The molecule has 4 aliphatic rings. The highest BCUT2D eigenvalue weighted by Crippen LogP contribution is 2.54. The Kier molecular flexibility index (Phi) is 10.0. The Bertz CT molecular complexity index is 1400. The molecule has 5 rings (SSSR count). The third-order valence-corrected chi connectivity index (χ3v) is 9.84. The van der Waals surface area contributed by atoms with Gasteiger partial charge >= 0.3 is 5.97 Å². The molecule has 1 aromatic rings. The fourth-order valence-electron chi connectivity index (χ4n) is 8.28. The largest absolute Gasteiger partial charge is 0.455 e.